The molecule has 1 N–H and O–H groups in total. The summed E-state index contributed by atoms with van der Waals surface area (Å²) in [6.45, 7) is 2.13. The molecule has 0 aliphatic rings. The van der Waals surface area contributed by atoms with Gasteiger partial charge in [-0.15, -0.1) is 0 Å². The molecule has 0 saturated carbocycles. The number of methoxy groups -OCH3 is 2. The molecule has 0 saturated heterocycles. The van der Waals surface area contributed by atoms with Gasteiger partial charge in [0.1, 0.15) is 11.5 Å². The topological polar surface area (TPSA) is 73.9 Å². The van der Waals surface area contributed by atoms with Crippen molar-refractivity contribution in [1.82, 2.24) is 5.32 Å². The Morgan fingerprint density at radius 3 is 2.55 bits per heavy atom. The van der Waals surface area contributed by atoms with Crippen molar-refractivity contribution >= 4 is 11.9 Å². The zero-order valence-electron chi connectivity index (χ0n) is 11.9. The highest BCUT2D eigenvalue weighted by Gasteiger charge is 2.14. The van der Waals surface area contributed by atoms with Crippen LogP contribution in [0.4, 0.5) is 0 Å². The monoisotopic (exact) mass is 281 g/mol. The quantitative estimate of drug-likeness (QED) is 0.620. The van der Waals surface area contributed by atoms with Crippen molar-refractivity contribution in [3.63, 3.8) is 0 Å². The number of esters is 1. The molecule has 6 heteroatoms. The molecule has 0 aliphatic carbocycles. The van der Waals surface area contributed by atoms with E-state index in [1.165, 1.54) is 0 Å². The van der Waals surface area contributed by atoms with Crippen LogP contribution in [0.25, 0.3) is 0 Å². The first-order valence-corrected chi connectivity index (χ1v) is 6.28. The zero-order chi connectivity index (χ0) is 15.0. The van der Waals surface area contributed by atoms with Crippen molar-refractivity contribution in [2.45, 2.75) is 13.3 Å². The lowest BCUT2D eigenvalue weighted by atomic mass is 10.1. The van der Waals surface area contributed by atoms with Crippen molar-refractivity contribution in [1.29, 1.82) is 0 Å². The Kier molecular flexibility index (Phi) is 6.36. The largest absolute Gasteiger partial charge is 0.497 e. The molecule has 110 valence electrons. The summed E-state index contributed by atoms with van der Waals surface area (Å²) in [5.41, 5.74) is 0.885. The highest BCUT2D eigenvalue weighted by molar-refractivity contribution is 6.32. The average Bonchev–Trinajstić information content (AvgIpc) is 2.47. The Bertz CT molecular complexity index is 473. The fraction of sp³-hybridized carbons (Fsp3) is 0.429. The molecule has 1 aromatic carbocycles. The number of hydrogen-bond donors (Lipinski definition) is 1. The number of benzene rings is 1. The number of carbonyl (C=O) groups excluding carboxylic acids is 2. The number of amides is 1. The maximum atomic E-state index is 11.4. The van der Waals surface area contributed by atoms with Gasteiger partial charge in [-0.2, -0.15) is 0 Å². The van der Waals surface area contributed by atoms with Gasteiger partial charge in [0, 0.05) is 6.54 Å². The summed E-state index contributed by atoms with van der Waals surface area (Å²) in [5.74, 6) is -0.201. The fourth-order valence-corrected chi connectivity index (χ4v) is 1.66. The second kappa shape index (κ2) is 8.04. The smallest absolute Gasteiger partial charge is 0.396 e. The van der Waals surface area contributed by atoms with Gasteiger partial charge in [0.15, 0.2) is 0 Å². The van der Waals surface area contributed by atoms with Gasteiger partial charge in [0.25, 0.3) is 0 Å². The van der Waals surface area contributed by atoms with Gasteiger partial charge >= 0.3 is 11.9 Å². The van der Waals surface area contributed by atoms with Crippen molar-refractivity contribution in [2.75, 3.05) is 27.4 Å². The van der Waals surface area contributed by atoms with Crippen LogP contribution < -0.4 is 14.8 Å². The molecule has 0 aliphatic heterocycles. The van der Waals surface area contributed by atoms with E-state index in [2.05, 4.69) is 10.1 Å². The third-order valence-corrected chi connectivity index (χ3v) is 2.63. The normalized spacial score (nSPS) is 9.75. The minimum absolute atomic E-state index is 0.177. The van der Waals surface area contributed by atoms with E-state index in [9.17, 15) is 9.59 Å². The molecule has 0 bridgehead atoms. The lowest BCUT2D eigenvalue weighted by molar-refractivity contribution is -0.154. The lowest BCUT2D eigenvalue weighted by Crippen LogP contribution is -2.33. The third-order valence-electron chi connectivity index (χ3n) is 2.63. The zero-order valence-corrected chi connectivity index (χ0v) is 11.9. The molecule has 1 rings (SSSR count). The van der Waals surface area contributed by atoms with Crippen molar-refractivity contribution in [3.05, 3.63) is 23.8 Å². The van der Waals surface area contributed by atoms with Crippen LogP contribution in [0, 0.1) is 0 Å². The maximum Gasteiger partial charge on any atom is 0.396 e. The summed E-state index contributed by atoms with van der Waals surface area (Å²) in [7, 11) is 3.15. The molecule has 0 unspecified atom stereocenters. The predicted molar refractivity (Wildman–Crippen MR) is 72.9 cm³/mol. The molecule has 0 radical (unpaired) electrons. The van der Waals surface area contributed by atoms with Gasteiger partial charge in [0.05, 0.1) is 20.8 Å². The lowest BCUT2D eigenvalue weighted by Gasteiger charge is -2.10. The Labute approximate surface area is 118 Å². The molecule has 0 fully saturated rings. The first-order valence-electron chi connectivity index (χ1n) is 6.28. The number of ether oxygens (including phenoxy) is 3. The van der Waals surface area contributed by atoms with E-state index < -0.39 is 11.9 Å². The van der Waals surface area contributed by atoms with Crippen LogP contribution >= 0.6 is 0 Å². The van der Waals surface area contributed by atoms with Gasteiger partial charge < -0.3 is 19.5 Å². The van der Waals surface area contributed by atoms with Gasteiger partial charge in [-0.05, 0) is 37.1 Å². The fourth-order valence-electron chi connectivity index (χ4n) is 1.66. The molecular formula is C14H19NO5. The standard InChI is InChI=1S/C14H19NO5/c1-4-20-14(17)13(16)15-8-7-10-9-11(18-2)5-6-12(10)19-3/h5-6,9H,4,7-8H2,1-3H3,(H,15,16). The Hall–Kier alpha value is -2.24. The number of hydrogen-bond acceptors (Lipinski definition) is 5. The Morgan fingerprint density at radius 2 is 1.95 bits per heavy atom. The van der Waals surface area contributed by atoms with Crippen LogP contribution in [0.15, 0.2) is 18.2 Å². The van der Waals surface area contributed by atoms with E-state index >= 15 is 0 Å². The Morgan fingerprint density at radius 1 is 1.20 bits per heavy atom. The second-order valence-corrected chi connectivity index (χ2v) is 3.90. The second-order valence-electron chi connectivity index (χ2n) is 3.90. The molecular weight excluding hydrogens is 262 g/mol. The van der Waals surface area contributed by atoms with E-state index in [1.807, 2.05) is 6.07 Å². The summed E-state index contributed by atoms with van der Waals surface area (Å²) < 4.78 is 15.0. The van der Waals surface area contributed by atoms with Crippen LogP contribution in [0.5, 0.6) is 11.5 Å². The third kappa shape index (κ3) is 4.46. The van der Waals surface area contributed by atoms with Crippen LogP contribution in [0.1, 0.15) is 12.5 Å². The SMILES string of the molecule is CCOC(=O)C(=O)NCCc1cc(OC)ccc1OC. The predicted octanol–water partition coefficient (Wildman–Crippen LogP) is 0.926. The van der Waals surface area contributed by atoms with Crippen LogP contribution in [0.2, 0.25) is 0 Å². The molecule has 1 amide bonds. The number of nitrogens with one attached hydrogen (secondary N) is 1. The van der Waals surface area contributed by atoms with Crippen molar-refractivity contribution in [2.24, 2.45) is 0 Å². The van der Waals surface area contributed by atoms with E-state index in [-0.39, 0.29) is 6.61 Å². The molecule has 0 atom stereocenters. The minimum Gasteiger partial charge on any atom is -0.497 e. The van der Waals surface area contributed by atoms with Gasteiger partial charge in [0.2, 0.25) is 0 Å². The number of carbonyl (C=O) groups is 2. The minimum atomic E-state index is -0.870. The molecule has 0 spiro atoms. The van der Waals surface area contributed by atoms with Gasteiger partial charge in [-0.1, -0.05) is 0 Å². The van der Waals surface area contributed by atoms with E-state index in [4.69, 9.17) is 9.47 Å². The van der Waals surface area contributed by atoms with Gasteiger partial charge in [-0.3, -0.25) is 4.79 Å². The van der Waals surface area contributed by atoms with Crippen LogP contribution in [-0.2, 0) is 20.7 Å². The molecule has 1 aromatic rings. The molecule has 6 nitrogen and oxygen atoms in total. The van der Waals surface area contributed by atoms with E-state index in [0.717, 1.165) is 5.56 Å². The maximum absolute atomic E-state index is 11.4. The number of rotatable bonds is 6. The summed E-state index contributed by atoms with van der Waals surface area (Å²) in [6.07, 6.45) is 0.519. The highest BCUT2D eigenvalue weighted by atomic mass is 16.5. The van der Waals surface area contributed by atoms with Crippen LogP contribution in [-0.4, -0.2) is 39.2 Å². The van der Waals surface area contributed by atoms with E-state index in [0.29, 0.717) is 24.5 Å². The molecule has 20 heavy (non-hydrogen) atoms. The average molecular weight is 281 g/mol. The summed E-state index contributed by atoms with van der Waals surface area (Å²) in [6, 6.07) is 5.41. The first kappa shape index (κ1) is 15.8. The first-order chi connectivity index (χ1) is 9.62. The van der Waals surface area contributed by atoms with Gasteiger partial charge in [-0.25, -0.2) is 4.79 Å². The van der Waals surface area contributed by atoms with E-state index in [1.54, 1.807) is 33.3 Å². The summed E-state index contributed by atoms with van der Waals surface area (Å²) in [4.78, 5) is 22.5. The Balaban J connectivity index is 2.56. The highest BCUT2D eigenvalue weighted by Crippen LogP contribution is 2.23. The molecule has 0 heterocycles. The summed E-state index contributed by atoms with van der Waals surface area (Å²) in [5, 5.41) is 2.49. The molecule has 0 aromatic heterocycles. The summed E-state index contributed by atoms with van der Waals surface area (Å²) >= 11 is 0. The van der Waals surface area contributed by atoms with Crippen molar-refractivity contribution in [3.8, 4) is 11.5 Å². The van der Waals surface area contributed by atoms with Crippen LogP contribution in [0.3, 0.4) is 0 Å². The van der Waals surface area contributed by atoms with Crippen molar-refractivity contribution < 1.29 is 23.8 Å².